The van der Waals surface area contributed by atoms with Crippen LogP contribution in [0.25, 0.3) is 11.0 Å². The molecule has 96 valence electrons. The van der Waals surface area contributed by atoms with E-state index < -0.39 is 0 Å². The van der Waals surface area contributed by atoms with E-state index in [-0.39, 0.29) is 6.04 Å². The molecule has 1 aliphatic carbocycles. The predicted octanol–water partition coefficient (Wildman–Crippen LogP) is 3.21. The number of nitrogens with two attached hydrogens (primary N) is 1. The highest BCUT2D eigenvalue weighted by Gasteiger charge is 2.31. The van der Waals surface area contributed by atoms with Gasteiger partial charge in [-0.15, -0.1) is 0 Å². The first-order valence-electron chi connectivity index (χ1n) is 6.54. The maximum absolute atomic E-state index is 6.01. The Morgan fingerprint density at radius 2 is 2.22 bits per heavy atom. The summed E-state index contributed by atoms with van der Waals surface area (Å²) >= 11 is 0. The Bertz CT molecular complexity index is 567. The van der Waals surface area contributed by atoms with Crippen molar-refractivity contribution >= 4 is 11.0 Å². The van der Waals surface area contributed by atoms with Crippen molar-refractivity contribution < 1.29 is 9.15 Å². The molecule has 1 fully saturated rings. The van der Waals surface area contributed by atoms with Gasteiger partial charge in [-0.05, 0) is 44.4 Å². The van der Waals surface area contributed by atoms with Crippen molar-refractivity contribution in [3.63, 3.8) is 0 Å². The van der Waals surface area contributed by atoms with Gasteiger partial charge in [0, 0.05) is 22.9 Å². The van der Waals surface area contributed by atoms with Crippen LogP contribution in [0.2, 0.25) is 0 Å². The van der Waals surface area contributed by atoms with E-state index in [0.717, 1.165) is 28.9 Å². The van der Waals surface area contributed by atoms with Crippen molar-refractivity contribution in [1.29, 1.82) is 0 Å². The molecule has 0 bridgehead atoms. The highest BCUT2D eigenvalue weighted by Crippen LogP contribution is 2.45. The Hall–Kier alpha value is -1.48. The lowest BCUT2D eigenvalue weighted by molar-refractivity contribution is 0.415. The molecule has 1 unspecified atom stereocenters. The molecule has 1 heterocycles. The van der Waals surface area contributed by atoms with E-state index in [4.69, 9.17) is 14.9 Å². The van der Waals surface area contributed by atoms with Gasteiger partial charge >= 0.3 is 0 Å². The molecule has 3 rings (SSSR count). The van der Waals surface area contributed by atoms with Gasteiger partial charge in [0.05, 0.1) is 7.11 Å². The molecule has 18 heavy (non-hydrogen) atoms. The van der Waals surface area contributed by atoms with Crippen molar-refractivity contribution in [2.45, 2.75) is 38.1 Å². The van der Waals surface area contributed by atoms with Crippen molar-refractivity contribution in [3.8, 4) is 5.75 Å². The highest BCUT2D eigenvalue weighted by molar-refractivity contribution is 5.84. The number of ether oxygens (including phenoxy) is 1. The maximum atomic E-state index is 6.01. The zero-order valence-corrected chi connectivity index (χ0v) is 10.9. The van der Waals surface area contributed by atoms with E-state index in [2.05, 4.69) is 6.07 Å². The monoisotopic (exact) mass is 245 g/mol. The van der Waals surface area contributed by atoms with Crippen LogP contribution in [0.5, 0.6) is 5.75 Å². The number of hydrogen-bond acceptors (Lipinski definition) is 3. The molecule has 0 amide bonds. The Kier molecular flexibility index (Phi) is 2.78. The predicted molar refractivity (Wildman–Crippen MR) is 72.1 cm³/mol. The zero-order valence-electron chi connectivity index (χ0n) is 10.9. The third-order valence-electron chi connectivity index (χ3n) is 3.50. The van der Waals surface area contributed by atoms with E-state index >= 15 is 0 Å². The van der Waals surface area contributed by atoms with Crippen molar-refractivity contribution in [3.05, 3.63) is 29.5 Å². The summed E-state index contributed by atoms with van der Waals surface area (Å²) in [6, 6.07) is 6.14. The lowest BCUT2D eigenvalue weighted by Gasteiger charge is -2.06. The van der Waals surface area contributed by atoms with Crippen LogP contribution in [-0.2, 0) is 6.42 Å². The first kappa shape index (κ1) is 11.6. The van der Waals surface area contributed by atoms with Crippen LogP contribution in [0.4, 0.5) is 0 Å². The van der Waals surface area contributed by atoms with Crippen LogP contribution < -0.4 is 10.5 Å². The van der Waals surface area contributed by atoms with E-state index in [0.29, 0.717) is 5.92 Å². The van der Waals surface area contributed by atoms with Gasteiger partial charge in [-0.3, -0.25) is 0 Å². The number of hydrogen-bond donors (Lipinski definition) is 1. The normalized spacial score (nSPS) is 17.1. The molecule has 1 saturated carbocycles. The summed E-state index contributed by atoms with van der Waals surface area (Å²) in [5, 5.41) is 1.16. The number of furan rings is 1. The van der Waals surface area contributed by atoms with Gasteiger partial charge in [0.15, 0.2) is 0 Å². The van der Waals surface area contributed by atoms with Gasteiger partial charge in [0.25, 0.3) is 0 Å². The van der Waals surface area contributed by atoms with E-state index in [1.54, 1.807) is 7.11 Å². The summed E-state index contributed by atoms with van der Waals surface area (Å²) in [7, 11) is 1.69. The fourth-order valence-electron chi connectivity index (χ4n) is 2.48. The second-order valence-electron chi connectivity index (χ2n) is 5.26. The fraction of sp³-hybridized carbons (Fsp3) is 0.467. The smallest absolute Gasteiger partial charge is 0.134 e. The van der Waals surface area contributed by atoms with Gasteiger partial charge in [-0.2, -0.15) is 0 Å². The fourth-order valence-corrected chi connectivity index (χ4v) is 2.48. The quantitative estimate of drug-likeness (QED) is 0.899. The second-order valence-corrected chi connectivity index (χ2v) is 5.26. The van der Waals surface area contributed by atoms with Crippen LogP contribution in [0.3, 0.4) is 0 Å². The average molecular weight is 245 g/mol. The Balaban J connectivity index is 2.14. The largest absolute Gasteiger partial charge is 0.497 e. The molecular weight excluding hydrogens is 226 g/mol. The summed E-state index contributed by atoms with van der Waals surface area (Å²) in [6.07, 6.45) is 3.35. The lowest BCUT2D eigenvalue weighted by Crippen LogP contribution is -2.18. The maximum Gasteiger partial charge on any atom is 0.134 e. The molecule has 1 atom stereocenters. The Morgan fingerprint density at radius 1 is 1.44 bits per heavy atom. The summed E-state index contributed by atoms with van der Waals surface area (Å²) in [5.74, 6) is 2.63. The van der Waals surface area contributed by atoms with Crippen molar-refractivity contribution in [2.75, 3.05) is 7.11 Å². The molecule has 1 aromatic heterocycles. The van der Waals surface area contributed by atoms with Gasteiger partial charge in [-0.25, -0.2) is 0 Å². The highest BCUT2D eigenvalue weighted by atomic mass is 16.5. The number of rotatable bonds is 4. The minimum atomic E-state index is 0.148. The Morgan fingerprint density at radius 3 is 2.83 bits per heavy atom. The van der Waals surface area contributed by atoms with Crippen LogP contribution in [0.15, 0.2) is 22.6 Å². The molecule has 1 aromatic carbocycles. The third kappa shape index (κ3) is 1.99. The molecule has 0 spiro atoms. The molecule has 2 aromatic rings. The molecule has 3 nitrogen and oxygen atoms in total. The third-order valence-corrected chi connectivity index (χ3v) is 3.50. The molecule has 2 N–H and O–H groups in total. The SMILES string of the molecule is COc1ccc2oc(C3CC3)c(CC(C)N)c2c1. The second kappa shape index (κ2) is 4.32. The number of methoxy groups -OCH3 is 1. The van der Waals surface area contributed by atoms with Crippen LogP contribution in [0, 0.1) is 0 Å². The summed E-state index contributed by atoms with van der Waals surface area (Å²) in [4.78, 5) is 0. The molecule has 0 radical (unpaired) electrons. The van der Waals surface area contributed by atoms with Gasteiger partial charge in [0.2, 0.25) is 0 Å². The number of fused-ring (bicyclic) bond motifs is 1. The van der Waals surface area contributed by atoms with E-state index in [1.807, 2.05) is 19.1 Å². The van der Waals surface area contributed by atoms with E-state index in [9.17, 15) is 0 Å². The molecule has 0 aliphatic heterocycles. The van der Waals surface area contributed by atoms with Gasteiger partial charge in [-0.1, -0.05) is 0 Å². The van der Waals surface area contributed by atoms with Crippen molar-refractivity contribution in [2.24, 2.45) is 5.73 Å². The summed E-state index contributed by atoms with van der Waals surface area (Å²) in [5.41, 5.74) is 8.19. The lowest BCUT2D eigenvalue weighted by atomic mass is 10.0. The van der Waals surface area contributed by atoms with Gasteiger partial charge in [0.1, 0.15) is 17.1 Å². The minimum Gasteiger partial charge on any atom is -0.497 e. The molecular formula is C15H19NO2. The van der Waals surface area contributed by atoms with Gasteiger partial charge < -0.3 is 14.9 Å². The minimum absolute atomic E-state index is 0.148. The first-order valence-corrected chi connectivity index (χ1v) is 6.54. The van der Waals surface area contributed by atoms with Crippen molar-refractivity contribution in [1.82, 2.24) is 0 Å². The zero-order chi connectivity index (χ0) is 12.7. The first-order chi connectivity index (χ1) is 8.69. The average Bonchev–Trinajstić information content (AvgIpc) is 3.13. The topological polar surface area (TPSA) is 48.4 Å². The Labute approximate surface area is 107 Å². The molecule has 0 saturated heterocycles. The van der Waals surface area contributed by atoms with Crippen LogP contribution >= 0.6 is 0 Å². The number of benzene rings is 1. The summed E-state index contributed by atoms with van der Waals surface area (Å²) in [6.45, 7) is 2.04. The molecule has 1 aliphatic rings. The summed E-state index contributed by atoms with van der Waals surface area (Å²) < 4.78 is 11.3. The van der Waals surface area contributed by atoms with Crippen LogP contribution in [-0.4, -0.2) is 13.2 Å². The van der Waals surface area contributed by atoms with Crippen LogP contribution in [0.1, 0.15) is 37.0 Å². The standard InChI is InChI=1S/C15H19NO2/c1-9(16)7-13-12-8-11(17-2)5-6-14(12)18-15(13)10-3-4-10/h5-6,8-10H,3-4,7,16H2,1-2H3. The molecule has 3 heteroatoms. The van der Waals surface area contributed by atoms with E-state index in [1.165, 1.54) is 18.4 Å².